The second kappa shape index (κ2) is 8.63. The first-order valence-corrected chi connectivity index (χ1v) is 8.37. The molecular weight excluding hydrogens is 357 g/mol. The lowest BCUT2D eigenvalue weighted by Gasteiger charge is -2.14. The molecule has 4 nitrogen and oxygen atoms in total. The molecule has 136 valence electrons. The van der Waals surface area contributed by atoms with Crippen molar-refractivity contribution in [3.8, 4) is 0 Å². The van der Waals surface area contributed by atoms with Crippen LogP contribution in [0.4, 0.5) is 10.1 Å². The Morgan fingerprint density at radius 1 is 1.19 bits per heavy atom. The first-order valence-electron chi connectivity index (χ1n) is 7.99. The predicted octanol–water partition coefficient (Wildman–Crippen LogP) is 4.68. The van der Waals surface area contributed by atoms with Crippen LogP contribution < -0.4 is 5.32 Å². The van der Waals surface area contributed by atoms with Crippen molar-refractivity contribution in [2.24, 2.45) is 0 Å². The molecule has 0 fully saturated rings. The summed E-state index contributed by atoms with van der Waals surface area (Å²) in [5, 5.41) is 2.90. The quantitative estimate of drug-likeness (QED) is 0.609. The molecule has 2 aromatic carbocycles. The number of amides is 1. The summed E-state index contributed by atoms with van der Waals surface area (Å²) in [7, 11) is 0. The molecule has 1 N–H and O–H groups in total. The van der Waals surface area contributed by atoms with Gasteiger partial charge in [-0.25, -0.2) is 9.18 Å². The summed E-state index contributed by atoms with van der Waals surface area (Å²) in [6.45, 7) is 5.29. The molecule has 0 unspecified atom stereocenters. The summed E-state index contributed by atoms with van der Waals surface area (Å²) in [5.41, 5.74) is 2.72. The number of hydrogen-bond donors (Lipinski definition) is 1. The molecule has 0 spiro atoms. The Hall–Kier alpha value is -2.66. The highest BCUT2D eigenvalue weighted by molar-refractivity contribution is 6.32. The predicted molar refractivity (Wildman–Crippen MR) is 101 cm³/mol. The third kappa shape index (κ3) is 4.92. The molecule has 1 atom stereocenters. The van der Waals surface area contributed by atoms with Crippen molar-refractivity contribution in [3.05, 3.63) is 70.0 Å². The molecule has 0 saturated carbocycles. The van der Waals surface area contributed by atoms with Crippen molar-refractivity contribution in [2.45, 2.75) is 26.9 Å². The van der Waals surface area contributed by atoms with Crippen molar-refractivity contribution < 1.29 is 18.7 Å². The van der Waals surface area contributed by atoms with Gasteiger partial charge in [0.1, 0.15) is 5.82 Å². The first-order chi connectivity index (χ1) is 12.3. The molecule has 2 aromatic rings. The number of rotatable bonds is 5. The van der Waals surface area contributed by atoms with E-state index >= 15 is 0 Å². The van der Waals surface area contributed by atoms with E-state index in [-0.39, 0.29) is 10.6 Å². The fourth-order valence-corrected chi connectivity index (χ4v) is 2.44. The van der Waals surface area contributed by atoms with Crippen LogP contribution >= 0.6 is 11.6 Å². The molecule has 0 heterocycles. The van der Waals surface area contributed by atoms with Gasteiger partial charge in [0.15, 0.2) is 6.10 Å². The van der Waals surface area contributed by atoms with Crippen LogP contribution in [0.1, 0.15) is 23.6 Å². The minimum atomic E-state index is -1.01. The molecule has 0 aliphatic rings. The van der Waals surface area contributed by atoms with Gasteiger partial charge in [-0.2, -0.15) is 0 Å². The number of nitrogens with one attached hydrogen (secondary N) is 1. The zero-order chi connectivity index (χ0) is 19.3. The van der Waals surface area contributed by atoms with Gasteiger partial charge in [-0.15, -0.1) is 0 Å². The molecule has 0 aliphatic heterocycles. The molecule has 0 radical (unpaired) electrons. The van der Waals surface area contributed by atoms with E-state index < -0.39 is 23.8 Å². The zero-order valence-electron chi connectivity index (χ0n) is 14.7. The van der Waals surface area contributed by atoms with E-state index in [2.05, 4.69) is 5.32 Å². The summed E-state index contributed by atoms with van der Waals surface area (Å²) < 4.78 is 18.7. The topological polar surface area (TPSA) is 55.4 Å². The number of benzene rings is 2. The molecule has 1 amide bonds. The number of esters is 1. The highest BCUT2D eigenvalue weighted by atomic mass is 35.5. The van der Waals surface area contributed by atoms with Crippen LogP contribution in [0.25, 0.3) is 6.08 Å². The van der Waals surface area contributed by atoms with Gasteiger partial charge in [0, 0.05) is 17.3 Å². The van der Waals surface area contributed by atoms with E-state index in [1.807, 2.05) is 26.0 Å². The molecule has 0 saturated heterocycles. The van der Waals surface area contributed by atoms with Crippen LogP contribution in [0.2, 0.25) is 5.02 Å². The van der Waals surface area contributed by atoms with Gasteiger partial charge in [0.2, 0.25) is 0 Å². The summed E-state index contributed by atoms with van der Waals surface area (Å²) in [5.74, 6) is -1.78. The van der Waals surface area contributed by atoms with Gasteiger partial charge in [-0.3, -0.25) is 4.79 Å². The molecule has 2 rings (SSSR count). The minimum absolute atomic E-state index is 0.0820. The number of carbonyl (C=O) groups excluding carboxylic acids is 2. The van der Waals surface area contributed by atoms with E-state index in [1.54, 1.807) is 6.07 Å². The molecule has 6 heteroatoms. The van der Waals surface area contributed by atoms with Gasteiger partial charge in [-0.1, -0.05) is 29.8 Å². The third-order valence-corrected chi connectivity index (χ3v) is 4.24. The van der Waals surface area contributed by atoms with Gasteiger partial charge < -0.3 is 10.1 Å². The molecule has 0 aliphatic carbocycles. The number of halogens is 2. The highest BCUT2D eigenvalue weighted by Crippen LogP contribution is 2.21. The Labute approximate surface area is 156 Å². The monoisotopic (exact) mass is 375 g/mol. The van der Waals surface area contributed by atoms with Crippen LogP contribution in [0.5, 0.6) is 0 Å². The number of ether oxygens (including phenoxy) is 1. The van der Waals surface area contributed by atoms with Crippen molar-refractivity contribution in [1.29, 1.82) is 0 Å². The number of carbonyl (C=O) groups is 2. The van der Waals surface area contributed by atoms with E-state index in [1.165, 1.54) is 31.2 Å². The van der Waals surface area contributed by atoms with Crippen LogP contribution in [-0.4, -0.2) is 18.0 Å². The third-order valence-electron chi connectivity index (χ3n) is 3.91. The van der Waals surface area contributed by atoms with Crippen LogP contribution in [-0.2, 0) is 14.3 Å². The lowest BCUT2D eigenvalue weighted by molar-refractivity contribution is -0.148. The molecule has 26 heavy (non-hydrogen) atoms. The van der Waals surface area contributed by atoms with Gasteiger partial charge in [0.05, 0.1) is 5.02 Å². The Balaban J connectivity index is 1.99. The fourth-order valence-electron chi connectivity index (χ4n) is 2.21. The lowest BCUT2D eigenvalue weighted by Crippen LogP contribution is -2.29. The molecule has 0 aromatic heterocycles. The fraction of sp³-hybridized carbons (Fsp3) is 0.200. The van der Waals surface area contributed by atoms with Gasteiger partial charge >= 0.3 is 5.97 Å². The van der Waals surface area contributed by atoms with Gasteiger partial charge in [-0.05, 0) is 56.2 Å². The van der Waals surface area contributed by atoms with E-state index in [0.717, 1.165) is 17.2 Å². The Bertz CT molecular complexity index is 844. The maximum absolute atomic E-state index is 13.7. The standard InChI is InChI=1S/C20H19ClFNO3/c1-12-6-4-9-18(13(12)2)23-20(25)14(3)26-19(24)11-10-15-16(21)7-5-8-17(15)22/h4-11,14H,1-3H3,(H,23,25)/b11-10+/t14-/m0/s1. The van der Waals surface area contributed by atoms with Crippen molar-refractivity contribution >= 4 is 35.2 Å². The summed E-state index contributed by atoms with van der Waals surface area (Å²) in [4.78, 5) is 24.1. The van der Waals surface area contributed by atoms with Crippen molar-refractivity contribution in [2.75, 3.05) is 5.32 Å². The smallest absolute Gasteiger partial charge is 0.331 e. The Morgan fingerprint density at radius 3 is 2.58 bits per heavy atom. The molecule has 0 bridgehead atoms. The average molecular weight is 376 g/mol. The van der Waals surface area contributed by atoms with E-state index in [0.29, 0.717) is 5.69 Å². The number of aryl methyl sites for hydroxylation is 1. The zero-order valence-corrected chi connectivity index (χ0v) is 15.4. The van der Waals surface area contributed by atoms with E-state index in [4.69, 9.17) is 16.3 Å². The SMILES string of the molecule is Cc1cccc(NC(=O)[C@H](C)OC(=O)/C=C/c2c(F)cccc2Cl)c1C. The summed E-state index contributed by atoms with van der Waals surface area (Å²) in [6.07, 6.45) is 1.24. The van der Waals surface area contributed by atoms with Gasteiger partial charge in [0.25, 0.3) is 5.91 Å². The van der Waals surface area contributed by atoms with E-state index in [9.17, 15) is 14.0 Å². The Morgan fingerprint density at radius 2 is 1.88 bits per heavy atom. The summed E-state index contributed by atoms with van der Waals surface area (Å²) >= 11 is 5.88. The Kier molecular flexibility index (Phi) is 6.52. The summed E-state index contributed by atoms with van der Waals surface area (Å²) in [6, 6.07) is 9.75. The largest absolute Gasteiger partial charge is 0.449 e. The van der Waals surface area contributed by atoms with Crippen LogP contribution in [0.3, 0.4) is 0 Å². The second-order valence-corrected chi connectivity index (χ2v) is 6.19. The number of anilines is 1. The number of hydrogen-bond acceptors (Lipinski definition) is 3. The second-order valence-electron chi connectivity index (χ2n) is 5.78. The minimum Gasteiger partial charge on any atom is -0.449 e. The first kappa shape index (κ1) is 19.7. The van der Waals surface area contributed by atoms with Crippen molar-refractivity contribution in [3.63, 3.8) is 0 Å². The lowest BCUT2D eigenvalue weighted by atomic mass is 10.1. The maximum Gasteiger partial charge on any atom is 0.331 e. The normalized spacial score (nSPS) is 12.0. The molecular formula is C20H19ClFNO3. The average Bonchev–Trinajstić information content (AvgIpc) is 2.58. The van der Waals surface area contributed by atoms with Crippen LogP contribution in [0.15, 0.2) is 42.5 Å². The maximum atomic E-state index is 13.7. The highest BCUT2D eigenvalue weighted by Gasteiger charge is 2.17. The van der Waals surface area contributed by atoms with Crippen molar-refractivity contribution in [1.82, 2.24) is 0 Å². The van der Waals surface area contributed by atoms with Crippen LogP contribution in [0, 0.1) is 19.7 Å².